The number of allylic oxidation sites excluding steroid dienone is 1. The maximum Gasteiger partial charge on any atom is 0.0503 e. The van der Waals surface area contributed by atoms with Crippen molar-refractivity contribution in [1.29, 1.82) is 0 Å². The van der Waals surface area contributed by atoms with Gasteiger partial charge in [0, 0.05) is 0 Å². The molecule has 6 heavy (non-hydrogen) atoms. The van der Waals surface area contributed by atoms with E-state index < -0.39 is 0 Å². The lowest BCUT2D eigenvalue weighted by Crippen LogP contribution is -1.75. The zero-order chi connectivity index (χ0) is 4.83. The van der Waals surface area contributed by atoms with Crippen LogP contribution >= 0.6 is 0 Å². The summed E-state index contributed by atoms with van der Waals surface area (Å²) in [6.07, 6.45) is 6.49. The van der Waals surface area contributed by atoms with Gasteiger partial charge in [-0.25, -0.2) is 0 Å². The van der Waals surface area contributed by atoms with E-state index in [9.17, 15) is 0 Å². The molecule has 0 saturated heterocycles. The third-order valence-corrected chi connectivity index (χ3v) is 0.551. The lowest BCUT2D eigenvalue weighted by molar-refractivity contribution is 0.953. The second kappa shape index (κ2) is 4.54. The van der Waals surface area contributed by atoms with Crippen LogP contribution in [0.15, 0.2) is 6.08 Å². The van der Waals surface area contributed by atoms with E-state index in [4.69, 9.17) is 5.73 Å². The second-order valence-electron chi connectivity index (χ2n) is 1.16. The van der Waals surface area contributed by atoms with Crippen molar-refractivity contribution >= 4 is 0 Å². The van der Waals surface area contributed by atoms with Crippen molar-refractivity contribution < 1.29 is 0 Å². The Bertz CT molecular complexity index is 39.2. The van der Waals surface area contributed by atoms with Gasteiger partial charge >= 0.3 is 0 Å². The fourth-order valence-corrected chi connectivity index (χ4v) is 0.228. The summed E-state index contributed by atoms with van der Waals surface area (Å²) in [5, 5.41) is 0. The quantitative estimate of drug-likeness (QED) is 0.497. The van der Waals surface area contributed by atoms with Crippen LogP contribution in [-0.4, -0.2) is 0 Å². The Balaban J connectivity index is 2.66. The fourth-order valence-electron chi connectivity index (χ4n) is 0.228. The topological polar surface area (TPSA) is 26.0 Å². The molecule has 1 nitrogen and oxygen atoms in total. The van der Waals surface area contributed by atoms with E-state index in [1.807, 2.05) is 6.08 Å². The molecule has 0 saturated carbocycles. The van der Waals surface area contributed by atoms with Crippen molar-refractivity contribution in [2.24, 2.45) is 5.73 Å². The Morgan fingerprint density at radius 2 is 2.50 bits per heavy atom. The third-order valence-electron chi connectivity index (χ3n) is 0.551. The lowest BCUT2D eigenvalue weighted by atomic mass is 10.3. The van der Waals surface area contributed by atoms with Crippen molar-refractivity contribution in [2.45, 2.75) is 19.8 Å². The van der Waals surface area contributed by atoms with Crippen LogP contribution in [0.1, 0.15) is 19.8 Å². The van der Waals surface area contributed by atoms with Gasteiger partial charge in [0.25, 0.3) is 0 Å². The average molecular weight is 84.1 g/mol. The molecule has 0 aliphatic carbocycles. The van der Waals surface area contributed by atoms with Crippen molar-refractivity contribution in [3.05, 3.63) is 12.3 Å². The molecule has 0 rings (SSSR count). The highest BCUT2D eigenvalue weighted by Gasteiger charge is 1.65. The minimum atomic E-state index is 1.05. The van der Waals surface area contributed by atoms with Crippen LogP contribution in [0.2, 0.25) is 0 Å². The smallest absolute Gasteiger partial charge is 0.0503 e. The van der Waals surface area contributed by atoms with Gasteiger partial charge in [-0.3, -0.25) is 0 Å². The molecule has 0 aromatic rings. The normalized spacial score (nSPS) is 10.2. The molecule has 0 heterocycles. The predicted molar refractivity (Wildman–Crippen MR) is 26.9 cm³/mol. The van der Waals surface area contributed by atoms with E-state index in [-0.39, 0.29) is 0 Å². The van der Waals surface area contributed by atoms with Crippen LogP contribution in [0.4, 0.5) is 0 Å². The molecule has 0 aromatic heterocycles. The summed E-state index contributed by atoms with van der Waals surface area (Å²) < 4.78 is 0. The molecule has 0 bridgehead atoms. The zero-order valence-corrected chi connectivity index (χ0v) is 4.07. The van der Waals surface area contributed by atoms with Gasteiger partial charge < -0.3 is 5.73 Å². The molecule has 0 spiro atoms. The summed E-state index contributed by atoms with van der Waals surface area (Å²) in [6, 6.07) is 0. The Morgan fingerprint density at radius 3 is 2.67 bits per heavy atom. The maximum atomic E-state index is 4.91. The second-order valence-corrected chi connectivity index (χ2v) is 1.16. The first-order valence-corrected chi connectivity index (χ1v) is 2.19. The lowest BCUT2D eigenvalue weighted by Gasteiger charge is -1.75. The first-order valence-electron chi connectivity index (χ1n) is 2.19. The highest BCUT2D eigenvalue weighted by Crippen LogP contribution is 1.83. The maximum absolute atomic E-state index is 4.91. The van der Waals surface area contributed by atoms with E-state index in [2.05, 4.69) is 13.1 Å². The van der Waals surface area contributed by atoms with Gasteiger partial charge in [-0.2, -0.15) is 0 Å². The van der Waals surface area contributed by atoms with E-state index >= 15 is 0 Å². The highest BCUT2D eigenvalue weighted by molar-refractivity contribution is 4.66. The molecule has 0 aliphatic rings. The van der Waals surface area contributed by atoms with Gasteiger partial charge in [-0.15, -0.1) is 0 Å². The first kappa shape index (κ1) is 5.54. The van der Waals surface area contributed by atoms with E-state index in [1.165, 1.54) is 0 Å². The monoisotopic (exact) mass is 84.1 g/mol. The van der Waals surface area contributed by atoms with Crippen molar-refractivity contribution in [3.8, 4) is 0 Å². The molecule has 1 heteroatoms. The van der Waals surface area contributed by atoms with Crippen molar-refractivity contribution in [2.75, 3.05) is 0 Å². The van der Waals surface area contributed by atoms with Crippen LogP contribution in [0.25, 0.3) is 0 Å². The summed E-state index contributed by atoms with van der Waals surface area (Å²) in [5.41, 5.74) is 4.91. The van der Waals surface area contributed by atoms with Crippen LogP contribution in [-0.2, 0) is 0 Å². The Labute approximate surface area is 38.8 Å². The predicted octanol–water partition coefficient (Wildman–Crippen LogP) is 1.06. The van der Waals surface area contributed by atoms with Gasteiger partial charge in [0.2, 0.25) is 0 Å². The number of hydrogen-bond acceptors (Lipinski definition) is 1. The minimum Gasteiger partial charge on any atom is -0.397 e. The van der Waals surface area contributed by atoms with E-state index in [0.717, 1.165) is 12.8 Å². The Morgan fingerprint density at radius 1 is 1.83 bits per heavy atom. The summed E-state index contributed by atoms with van der Waals surface area (Å²) in [4.78, 5) is 0. The van der Waals surface area contributed by atoms with Crippen LogP contribution in [0.5, 0.6) is 0 Å². The molecule has 0 atom stereocenters. The summed E-state index contributed by atoms with van der Waals surface area (Å²) in [5.74, 6) is 0. The molecular formula is C5H10N. The van der Waals surface area contributed by atoms with Gasteiger partial charge in [0.1, 0.15) is 0 Å². The van der Waals surface area contributed by atoms with Crippen LogP contribution in [0.3, 0.4) is 0 Å². The largest absolute Gasteiger partial charge is 0.397 e. The average Bonchev–Trinajstić information content (AvgIpc) is 1.61. The molecule has 0 aromatic carbocycles. The Kier molecular flexibility index (Phi) is 4.19. The summed E-state index contributed by atoms with van der Waals surface area (Å²) in [7, 11) is 0. The molecule has 35 valence electrons. The van der Waals surface area contributed by atoms with E-state index in [0.29, 0.717) is 0 Å². The number of unbranched alkanes of at least 4 members (excludes halogenated alkanes) is 1. The molecule has 2 N–H and O–H groups in total. The molecule has 0 fully saturated rings. The molecule has 1 radical (unpaired) electrons. The van der Waals surface area contributed by atoms with Crippen molar-refractivity contribution in [1.82, 2.24) is 0 Å². The van der Waals surface area contributed by atoms with Crippen molar-refractivity contribution in [3.63, 3.8) is 0 Å². The molecule has 0 amide bonds. The summed E-state index contributed by atoms with van der Waals surface area (Å²) >= 11 is 0. The zero-order valence-electron chi connectivity index (χ0n) is 4.07. The third kappa shape index (κ3) is 3.54. The number of rotatable bonds is 2. The van der Waals surface area contributed by atoms with Gasteiger partial charge in [0.05, 0.1) is 6.20 Å². The fraction of sp³-hybridized carbons (Fsp3) is 0.600. The molecule has 0 aliphatic heterocycles. The van der Waals surface area contributed by atoms with Crippen LogP contribution < -0.4 is 5.73 Å². The SMILES string of the molecule is CCC/C=[C]/N. The first-order chi connectivity index (χ1) is 2.91. The Hall–Kier alpha value is -0.460. The minimum absolute atomic E-state index is 1.05. The number of hydrogen-bond donors (Lipinski definition) is 1. The van der Waals surface area contributed by atoms with Gasteiger partial charge in [-0.1, -0.05) is 19.4 Å². The highest BCUT2D eigenvalue weighted by atomic mass is 14.5. The summed E-state index contributed by atoms with van der Waals surface area (Å²) in [6.45, 7) is 2.10. The molecular weight excluding hydrogens is 74.1 g/mol. The number of nitrogens with two attached hydrogens (primary N) is 1. The van der Waals surface area contributed by atoms with Crippen LogP contribution in [0, 0.1) is 6.20 Å². The van der Waals surface area contributed by atoms with Gasteiger partial charge in [-0.05, 0) is 6.42 Å². The molecule has 0 unspecified atom stereocenters. The van der Waals surface area contributed by atoms with E-state index in [1.54, 1.807) is 0 Å². The standard InChI is InChI=1S/C5H10N/c1-2-3-4-5-6/h4H,2-3,6H2,1H3. The van der Waals surface area contributed by atoms with Gasteiger partial charge in [0.15, 0.2) is 0 Å².